The van der Waals surface area contributed by atoms with Gasteiger partial charge in [0.05, 0.1) is 11.7 Å². The maximum atomic E-state index is 13.3. The monoisotopic (exact) mass is 392 g/mol. The Labute approximate surface area is 168 Å². The number of carbonyl (C=O) groups excluding carboxylic acids is 1. The lowest BCUT2D eigenvalue weighted by Gasteiger charge is -2.35. The van der Waals surface area contributed by atoms with Crippen LogP contribution < -0.4 is 10.7 Å². The molecular formula is C22H24N4O3. The largest absolute Gasteiger partial charge is 0.481 e. The van der Waals surface area contributed by atoms with E-state index in [1.165, 1.54) is 0 Å². The highest BCUT2D eigenvalue weighted by atomic mass is 16.4. The van der Waals surface area contributed by atoms with E-state index in [1.807, 2.05) is 67.7 Å². The molecule has 2 aromatic carbocycles. The molecule has 0 aliphatic carbocycles. The zero-order valence-electron chi connectivity index (χ0n) is 16.2. The van der Waals surface area contributed by atoms with Gasteiger partial charge in [-0.05, 0) is 43.5 Å². The van der Waals surface area contributed by atoms with Crippen LogP contribution in [0.2, 0.25) is 0 Å². The molecule has 7 nitrogen and oxygen atoms in total. The molecule has 1 amide bonds. The van der Waals surface area contributed by atoms with E-state index < -0.39 is 17.7 Å². The number of H-pyrrole nitrogens is 1. The molecule has 2 heterocycles. The second-order valence-corrected chi connectivity index (χ2v) is 7.58. The first-order chi connectivity index (χ1) is 14.0. The van der Waals surface area contributed by atoms with Gasteiger partial charge in [-0.25, -0.2) is 5.01 Å². The number of aliphatic carboxylic acids is 1. The number of amides is 1. The van der Waals surface area contributed by atoms with Crippen LogP contribution in [0.15, 0.2) is 60.8 Å². The van der Waals surface area contributed by atoms with Crippen molar-refractivity contribution in [1.82, 2.24) is 15.3 Å². The molecule has 1 fully saturated rings. The van der Waals surface area contributed by atoms with Crippen LogP contribution in [0, 0.1) is 0 Å². The number of benzene rings is 2. The summed E-state index contributed by atoms with van der Waals surface area (Å²) in [5, 5.41) is 15.2. The number of nitrogens with zero attached hydrogens (tertiary/aromatic N) is 1. The summed E-state index contributed by atoms with van der Waals surface area (Å²) in [5.74, 6) is -0.993. The molecule has 1 unspecified atom stereocenters. The van der Waals surface area contributed by atoms with Crippen LogP contribution in [0.5, 0.6) is 0 Å². The SMILES string of the molecule is CC1(CCC(=O)O)N[C@@H](Cc2c[nH]c3ccccc23)C(=O)N1Nc1ccccc1. The number of nitrogens with one attached hydrogen (secondary N) is 3. The first kappa shape index (κ1) is 19.0. The molecule has 29 heavy (non-hydrogen) atoms. The standard InChI is InChI=1S/C22H24N4O3/c1-22(12-11-20(27)28)24-19(13-15-14-23-18-10-6-5-9-17(15)18)21(29)26(22)25-16-7-3-2-4-8-16/h2-10,14,19,23-25H,11-13H2,1H3,(H,27,28)/t19-,22?/m0/s1. The summed E-state index contributed by atoms with van der Waals surface area (Å²) in [5.41, 5.74) is 5.21. The molecule has 0 spiro atoms. The van der Waals surface area contributed by atoms with Gasteiger partial charge in [-0.3, -0.25) is 20.3 Å². The zero-order valence-corrected chi connectivity index (χ0v) is 16.2. The highest BCUT2D eigenvalue weighted by Gasteiger charge is 2.47. The maximum Gasteiger partial charge on any atom is 0.303 e. The van der Waals surface area contributed by atoms with Crippen molar-refractivity contribution in [1.29, 1.82) is 0 Å². The van der Waals surface area contributed by atoms with Crippen LogP contribution in [0.25, 0.3) is 10.9 Å². The van der Waals surface area contributed by atoms with Crippen molar-refractivity contribution in [3.8, 4) is 0 Å². The lowest BCUT2D eigenvalue weighted by atomic mass is 10.0. The van der Waals surface area contributed by atoms with Crippen LogP contribution in [-0.2, 0) is 16.0 Å². The first-order valence-corrected chi connectivity index (χ1v) is 9.66. The fourth-order valence-corrected chi connectivity index (χ4v) is 3.91. The molecule has 0 bridgehead atoms. The van der Waals surface area contributed by atoms with Gasteiger partial charge in [0.1, 0.15) is 5.66 Å². The molecule has 7 heteroatoms. The average Bonchev–Trinajstić information content (AvgIpc) is 3.22. The Balaban J connectivity index is 1.60. The van der Waals surface area contributed by atoms with Crippen molar-refractivity contribution >= 4 is 28.5 Å². The molecule has 1 aliphatic rings. The predicted molar refractivity (Wildman–Crippen MR) is 111 cm³/mol. The Morgan fingerprint density at radius 3 is 2.66 bits per heavy atom. The van der Waals surface area contributed by atoms with E-state index in [2.05, 4.69) is 15.7 Å². The van der Waals surface area contributed by atoms with E-state index in [0.717, 1.165) is 22.2 Å². The minimum absolute atomic E-state index is 0.0381. The summed E-state index contributed by atoms with van der Waals surface area (Å²) < 4.78 is 0. The minimum Gasteiger partial charge on any atom is -0.481 e. The van der Waals surface area contributed by atoms with Crippen LogP contribution in [0.1, 0.15) is 25.3 Å². The van der Waals surface area contributed by atoms with Crippen molar-refractivity contribution in [3.63, 3.8) is 0 Å². The number of aromatic nitrogens is 1. The van der Waals surface area contributed by atoms with Crippen LogP contribution in [0.4, 0.5) is 5.69 Å². The van der Waals surface area contributed by atoms with Gasteiger partial charge in [0, 0.05) is 23.5 Å². The molecule has 0 radical (unpaired) electrons. The third-order valence-corrected chi connectivity index (χ3v) is 5.44. The lowest BCUT2D eigenvalue weighted by Crippen LogP contribution is -2.52. The Morgan fingerprint density at radius 1 is 1.17 bits per heavy atom. The topological polar surface area (TPSA) is 97.5 Å². The number of hydrogen-bond acceptors (Lipinski definition) is 4. The number of anilines is 1. The summed E-state index contributed by atoms with van der Waals surface area (Å²) in [6, 6.07) is 16.9. The number of hydrogen-bond donors (Lipinski definition) is 4. The summed E-state index contributed by atoms with van der Waals surface area (Å²) in [6.07, 6.45) is 2.70. The molecule has 150 valence electrons. The van der Waals surface area contributed by atoms with Crippen molar-refractivity contribution in [2.45, 2.75) is 37.9 Å². The first-order valence-electron chi connectivity index (χ1n) is 9.66. The Morgan fingerprint density at radius 2 is 1.90 bits per heavy atom. The van der Waals surface area contributed by atoms with Gasteiger partial charge in [-0.1, -0.05) is 36.4 Å². The van der Waals surface area contributed by atoms with Gasteiger partial charge < -0.3 is 10.1 Å². The number of rotatable bonds is 7. The predicted octanol–water partition coefficient (Wildman–Crippen LogP) is 3.12. The average molecular weight is 392 g/mol. The highest BCUT2D eigenvalue weighted by Crippen LogP contribution is 2.30. The summed E-state index contributed by atoms with van der Waals surface area (Å²) in [4.78, 5) is 27.7. The molecule has 2 atom stereocenters. The second-order valence-electron chi connectivity index (χ2n) is 7.58. The number of para-hydroxylation sites is 2. The number of carbonyl (C=O) groups is 2. The van der Waals surface area contributed by atoms with E-state index >= 15 is 0 Å². The molecule has 1 aromatic heterocycles. The zero-order chi connectivity index (χ0) is 20.4. The van der Waals surface area contributed by atoms with Gasteiger partial charge in [-0.2, -0.15) is 0 Å². The van der Waals surface area contributed by atoms with Gasteiger partial charge >= 0.3 is 5.97 Å². The fourth-order valence-electron chi connectivity index (χ4n) is 3.91. The Hall–Kier alpha value is -3.32. The summed E-state index contributed by atoms with van der Waals surface area (Å²) in [6.45, 7) is 1.86. The lowest BCUT2D eigenvalue weighted by molar-refractivity contribution is -0.139. The molecule has 1 saturated heterocycles. The number of carboxylic acid groups (broad SMARTS) is 1. The van der Waals surface area contributed by atoms with Crippen LogP contribution >= 0.6 is 0 Å². The van der Waals surface area contributed by atoms with E-state index in [1.54, 1.807) is 5.01 Å². The second kappa shape index (κ2) is 7.60. The highest BCUT2D eigenvalue weighted by molar-refractivity contribution is 5.89. The Bertz CT molecular complexity index is 1030. The molecule has 0 saturated carbocycles. The fraction of sp³-hybridized carbons (Fsp3) is 0.273. The normalized spacial score (nSPS) is 21.6. The van der Waals surface area contributed by atoms with Gasteiger partial charge in [0.15, 0.2) is 0 Å². The molecule has 1 aliphatic heterocycles. The Kier molecular flexibility index (Phi) is 4.98. The van der Waals surface area contributed by atoms with Crippen molar-refractivity contribution in [2.24, 2.45) is 0 Å². The van der Waals surface area contributed by atoms with Crippen molar-refractivity contribution in [2.75, 3.05) is 5.43 Å². The van der Waals surface area contributed by atoms with E-state index in [9.17, 15) is 9.59 Å². The minimum atomic E-state index is -0.889. The quantitative estimate of drug-likeness (QED) is 0.495. The van der Waals surface area contributed by atoms with Crippen LogP contribution in [0.3, 0.4) is 0 Å². The number of fused-ring (bicyclic) bond motifs is 1. The molecular weight excluding hydrogens is 368 g/mol. The van der Waals surface area contributed by atoms with Gasteiger partial charge in [0.25, 0.3) is 5.91 Å². The molecule has 3 aromatic rings. The third kappa shape index (κ3) is 3.82. The van der Waals surface area contributed by atoms with Crippen molar-refractivity contribution in [3.05, 3.63) is 66.4 Å². The van der Waals surface area contributed by atoms with Crippen molar-refractivity contribution < 1.29 is 14.7 Å². The number of carboxylic acids is 1. The van der Waals surface area contributed by atoms with E-state index in [-0.39, 0.29) is 18.7 Å². The van der Waals surface area contributed by atoms with Crippen LogP contribution in [-0.4, -0.2) is 38.7 Å². The number of aromatic amines is 1. The van der Waals surface area contributed by atoms with E-state index in [0.29, 0.717) is 6.42 Å². The smallest absolute Gasteiger partial charge is 0.303 e. The van der Waals surface area contributed by atoms with E-state index in [4.69, 9.17) is 5.11 Å². The summed E-state index contributed by atoms with van der Waals surface area (Å²) >= 11 is 0. The number of hydrazine groups is 1. The van der Waals surface area contributed by atoms with Gasteiger partial charge in [0.2, 0.25) is 0 Å². The van der Waals surface area contributed by atoms with Gasteiger partial charge in [-0.15, -0.1) is 0 Å². The molecule has 4 N–H and O–H groups in total. The maximum absolute atomic E-state index is 13.3. The molecule has 4 rings (SSSR count). The third-order valence-electron chi connectivity index (χ3n) is 5.44. The summed E-state index contributed by atoms with van der Waals surface area (Å²) in [7, 11) is 0.